The van der Waals surface area contributed by atoms with Crippen LogP contribution in [0.3, 0.4) is 0 Å². The maximum atomic E-state index is 12.4. The highest BCUT2D eigenvalue weighted by atomic mass is 32.2. The molecule has 0 aliphatic carbocycles. The number of thioether (sulfide) groups is 1. The molecule has 8 heteroatoms. The van der Waals surface area contributed by atoms with Gasteiger partial charge in [0.05, 0.1) is 21.8 Å². The molecule has 1 atom stereocenters. The average Bonchev–Trinajstić information content (AvgIpc) is 3.18. The van der Waals surface area contributed by atoms with Crippen LogP contribution in [0.5, 0.6) is 0 Å². The Hall–Kier alpha value is -2.03. The summed E-state index contributed by atoms with van der Waals surface area (Å²) >= 11 is 3.31. The van der Waals surface area contributed by atoms with E-state index in [1.165, 1.54) is 4.90 Å². The molecule has 0 aliphatic rings. The summed E-state index contributed by atoms with van der Waals surface area (Å²) in [5.74, 6) is 1.38. The standard InChI is InChI=1S/C22H28N4O2S2/c1-15(4-8-20-23-13-17(29-3)14-24-20)5-9-21-25-18-7-6-16(12-19(18)30-21)22(28)26(2)10-11-27/h6-7,12-15,27H,4-5,8-11H2,1-3H3/t15-/m0/s1. The highest BCUT2D eigenvalue weighted by Crippen LogP contribution is 2.26. The fourth-order valence-corrected chi connectivity index (χ4v) is 4.49. The molecule has 30 heavy (non-hydrogen) atoms. The molecule has 0 bridgehead atoms. The van der Waals surface area contributed by atoms with Crippen LogP contribution in [0.15, 0.2) is 35.5 Å². The van der Waals surface area contributed by atoms with E-state index < -0.39 is 0 Å². The molecule has 0 saturated carbocycles. The van der Waals surface area contributed by atoms with Crippen LogP contribution in [0.1, 0.15) is 41.0 Å². The quantitative estimate of drug-likeness (QED) is 0.475. The number of hydrogen-bond acceptors (Lipinski definition) is 7. The number of amides is 1. The first-order valence-corrected chi connectivity index (χ1v) is 12.1. The third-order valence-electron chi connectivity index (χ3n) is 5.09. The number of hydrogen-bond donors (Lipinski definition) is 1. The van der Waals surface area contributed by atoms with E-state index in [1.807, 2.05) is 36.8 Å². The first-order chi connectivity index (χ1) is 14.5. The summed E-state index contributed by atoms with van der Waals surface area (Å²) in [5, 5.41) is 10.1. The average molecular weight is 445 g/mol. The van der Waals surface area contributed by atoms with Gasteiger partial charge in [-0.15, -0.1) is 23.1 Å². The number of aliphatic hydroxyl groups excluding tert-OH is 1. The van der Waals surface area contributed by atoms with Gasteiger partial charge in [-0.3, -0.25) is 4.79 Å². The molecule has 1 amide bonds. The Kier molecular flexibility index (Phi) is 8.18. The Morgan fingerprint density at radius 1 is 1.23 bits per heavy atom. The molecule has 0 saturated heterocycles. The Labute approximate surface area is 185 Å². The van der Waals surface area contributed by atoms with Crippen LogP contribution in [-0.2, 0) is 12.8 Å². The van der Waals surface area contributed by atoms with Gasteiger partial charge in [0.2, 0.25) is 0 Å². The summed E-state index contributed by atoms with van der Waals surface area (Å²) in [6.45, 7) is 2.55. The lowest BCUT2D eigenvalue weighted by molar-refractivity contribution is 0.0767. The van der Waals surface area contributed by atoms with E-state index in [4.69, 9.17) is 10.1 Å². The molecule has 3 aromatic rings. The zero-order valence-electron chi connectivity index (χ0n) is 17.7. The maximum Gasteiger partial charge on any atom is 0.253 e. The second kappa shape index (κ2) is 10.8. The second-order valence-electron chi connectivity index (χ2n) is 7.46. The number of aryl methyl sites for hydroxylation is 2. The monoisotopic (exact) mass is 444 g/mol. The van der Waals surface area contributed by atoms with Crippen molar-refractivity contribution in [3.05, 3.63) is 47.0 Å². The molecule has 0 aliphatic heterocycles. The first kappa shape index (κ1) is 22.7. The second-order valence-corrected chi connectivity index (χ2v) is 9.46. The largest absolute Gasteiger partial charge is 0.395 e. The molecule has 0 fully saturated rings. The molecular formula is C22H28N4O2S2. The summed E-state index contributed by atoms with van der Waals surface area (Å²) in [6.07, 6.45) is 9.74. The Morgan fingerprint density at radius 3 is 2.67 bits per heavy atom. The molecular weight excluding hydrogens is 416 g/mol. The van der Waals surface area contributed by atoms with Gasteiger partial charge in [-0.1, -0.05) is 6.92 Å². The molecule has 0 unspecified atom stereocenters. The third-order valence-corrected chi connectivity index (χ3v) is 6.85. The van der Waals surface area contributed by atoms with Crippen molar-refractivity contribution in [1.82, 2.24) is 19.9 Å². The van der Waals surface area contributed by atoms with Crippen molar-refractivity contribution >= 4 is 39.2 Å². The number of likely N-dealkylation sites (N-methyl/N-ethyl adjacent to an activating group) is 1. The number of aliphatic hydroxyl groups is 1. The van der Waals surface area contributed by atoms with Gasteiger partial charge in [0.15, 0.2) is 0 Å². The van der Waals surface area contributed by atoms with Crippen molar-refractivity contribution in [2.24, 2.45) is 5.92 Å². The van der Waals surface area contributed by atoms with Gasteiger partial charge >= 0.3 is 0 Å². The summed E-state index contributed by atoms with van der Waals surface area (Å²) in [4.78, 5) is 28.6. The number of thiazole rings is 1. The summed E-state index contributed by atoms with van der Waals surface area (Å²) in [5.41, 5.74) is 1.57. The molecule has 2 aromatic heterocycles. The van der Waals surface area contributed by atoms with Crippen LogP contribution in [-0.4, -0.2) is 57.3 Å². The lowest BCUT2D eigenvalue weighted by Crippen LogP contribution is -2.29. The minimum Gasteiger partial charge on any atom is -0.395 e. The zero-order valence-corrected chi connectivity index (χ0v) is 19.3. The van der Waals surface area contributed by atoms with Gasteiger partial charge in [0.25, 0.3) is 5.91 Å². The molecule has 160 valence electrons. The number of rotatable bonds is 10. The van der Waals surface area contributed by atoms with Gasteiger partial charge in [0, 0.05) is 42.9 Å². The fraction of sp³-hybridized carbons (Fsp3) is 0.455. The van der Waals surface area contributed by atoms with Crippen molar-refractivity contribution < 1.29 is 9.90 Å². The van der Waals surface area contributed by atoms with Crippen LogP contribution < -0.4 is 0 Å². The lowest BCUT2D eigenvalue weighted by Gasteiger charge is -2.15. The third kappa shape index (κ3) is 6.00. The highest BCUT2D eigenvalue weighted by molar-refractivity contribution is 7.98. The molecule has 3 rings (SSSR count). The van der Waals surface area contributed by atoms with Gasteiger partial charge in [-0.25, -0.2) is 15.0 Å². The number of carbonyl (C=O) groups excluding carboxylic acids is 1. The van der Waals surface area contributed by atoms with Crippen molar-refractivity contribution in [3.63, 3.8) is 0 Å². The Balaban J connectivity index is 1.54. The Bertz CT molecular complexity index is 975. The fourth-order valence-electron chi connectivity index (χ4n) is 3.15. The van der Waals surface area contributed by atoms with E-state index in [2.05, 4.69) is 16.9 Å². The van der Waals surface area contributed by atoms with Gasteiger partial charge < -0.3 is 10.0 Å². The van der Waals surface area contributed by atoms with Gasteiger partial charge in [-0.2, -0.15) is 0 Å². The zero-order chi connectivity index (χ0) is 21.5. The summed E-state index contributed by atoms with van der Waals surface area (Å²) < 4.78 is 1.03. The Morgan fingerprint density at radius 2 is 1.97 bits per heavy atom. The van der Waals surface area contributed by atoms with Crippen LogP contribution in [0.2, 0.25) is 0 Å². The summed E-state index contributed by atoms with van der Waals surface area (Å²) in [7, 11) is 1.70. The molecule has 1 N–H and O–H groups in total. The smallest absolute Gasteiger partial charge is 0.253 e. The first-order valence-electron chi connectivity index (χ1n) is 10.1. The predicted molar refractivity (Wildman–Crippen MR) is 123 cm³/mol. The molecule has 0 spiro atoms. The number of fused-ring (bicyclic) bond motifs is 1. The SMILES string of the molecule is CSc1cnc(CC[C@H](C)CCc2nc3ccc(C(=O)N(C)CCO)cc3s2)nc1. The van der Waals surface area contributed by atoms with Crippen molar-refractivity contribution in [2.75, 3.05) is 26.5 Å². The van der Waals surface area contributed by atoms with Crippen molar-refractivity contribution in [2.45, 2.75) is 37.5 Å². The van der Waals surface area contributed by atoms with E-state index in [-0.39, 0.29) is 12.5 Å². The van der Waals surface area contributed by atoms with E-state index >= 15 is 0 Å². The summed E-state index contributed by atoms with van der Waals surface area (Å²) in [6, 6.07) is 5.63. The number of aromatic nitrogens is 3. The normalized spacial score (nSPS) is 12.3. The van der Waals surface area contributed by atoms with Crippen LogP contribution in [0.25, 0.3) is 10.2 Å². The van der Waals surface area contributed by atoms with Crippen molar-refractivity contribution in [3.8, 4) is 0 Å². The lowest BCUT2D eigenvalue weighted by atomic mass is 10.00. The van der Waals surface area contributed by atoms with Crippen LogP contribution in [0.4, 0.5) is 0 Å². The van der Waals surface area contributed by atoms with Gasteiger partial charge in [0.1, 0.15) is 5.82 Å². The molecule has 0 radical (unpaired) electrons. The van der Waals surface area contributed by atoms with E-state index in [1.54, 1.807) is 30.1 Å². The minimum absolute atomic E-state index is 0.0391. The molecule has 1 aromatic carbocycles. The molecule has 2 heterocycles. The predicted octanol–water partition coefficient (Wildman–Crippen LogP) is 4.07. The van der Waals surface area contributed by atoms with E-state index in [9.17, 15) is 4.79 Å². The maximum absolute atomic E-state index is 12.4. The minimum atomic E-state index is -0.0812. The topological polar surface area (TPSA) is 79.2 Å². The highest BCUT2D eigenvalue weighted by Gasteiger charge is 2.14. The molecule has 6 nitrogen and oxygen atoms in total. The van der Waals surface area contributed by atoms with Gasteiger partial charge in [-0.05, 0) is 49.6 Å². The van der Waals surface area contributed by atoms with Crippen molar-refractivity contribution in [1.29, 1.82) is 0 Å². The number of nitrogens with zero attached hydrogens (tertiary/aromatic N) is 4. The van der Waals surface area contributed by atoms with E-state index in [0.29, 0.717) is 18.0 Å². The van der Waals surface area contributed by atoms with Crippen LogP contribution >= 0.6 is 23.1 Å². The van der Waals surface area contributed by atoms with E-state index in [0.717, 1.165) is 51.6 Å². The number of benzene rings is 1. The number of carbonyl (C=O) groups is 1. The van der Waals surface area contributed by atoms with Crippen LogP contribution in [0, 0.1) is 5.92 Å².